The van der Waals surface area contributed by atoms with Crippen molar-refractivity contribution in [1.82, 2.24) is 4.90 Å². The molecule has 1 amide bonds. The molecule has 0 bridgehead atoms. The first-order valence-corrected chi connectivity index (χ1v) is 8.24. The molecule has 0 fully saturated rings. The zero-order valence-corrected chi connectivity index (χ0v) is 15.1. The molecular formula is C18H28ClNO2. The van der Waals surface area contributed by atoms with Crippen LogP contribution in [0, 0.1) is 5.92 Å². The molecule has 124 valence electrons. The molecule has 0 aliphatic rings. The molecule has 0 N–H and O–H groups in total. The van der Waals surface area contributed by atoms with E-state index >= 15 is 0 Å². The molecule has 3 nitrogen and oxygen atoms in total. The molecule has 0 heterocycles. The van der Waals surface area contributed by atoms with E-state index in [0.29, 0.717) is 5.92 Å². The van der Waals surface area contributed by atoms with E-state index in [1.54, 1.807) is 11.9 Å². The first kappa shape index (κ1) is 18.8. The molecule has 0 spiro atoms. The maximum atomic E-state index is 11.9. The minimum Gasteiger partial charge on any atom is -0.444 e. The Bertz CT molecular complexity index is 482. The second-order valence-corrected chi connectivity index (χ2v) is 7.42. The standard InChI is InChI=1S/C18H28ClNO2/c1-14(12-15-9-6-10-16(19)13-15)8-7-11-20(5)17(21)22-18(2,3)4/h6,9-10,13-14H,7-8,11-12H2,1-5H3/t14-/m1/s1. The van der Waals surface area contributed by atoms with Crippen LogP contribution in [0.4, 0.5) is 4.79 Å². The molecule has 4 heteroatoms. The van der Waals surface area contributed by atoms with E-state index in [2.05, 4.69) is 13.0 Å². The van der Waals surface area contributed by atoms with E-state index in [4.69, 9.17) is 16.3 Å². The van der Waals surface area contributed by atoms with E-state index in [9.17, 15) is 4.79 Å². The topological polar surface area (TPSA) is 29.5 Å². The maximum absolute atomic E-state index is 11.9. The van der Waals surface area contributed by atoms with Crippen LogP contribution in [0.2, 0.25) is 5.02 Å². The summed E-state index contributed by atoms with van der Waals surface area (Å²) in [4.78, 5) is 13.5. The van der Waals surface area contributed by atoms with Crippen LogP contribution in [-0.2, 0) is 11.2 Å². The molecule has 1 rings (SSSR count). The normalized spacial score (nSPS) is 12.8. The summed E-state index contributed by atoms with van der Waals surface area (Å²) in [6.07, 6.45) is 2.79. The zero-order valence-electron chi connectivity index (χ0n) is 14.4. The lowest BCUT2D eigenvalue weighted by Gasteiger charge is -2.25. The van der Waals surface area contributed by atoms with Gasteiger partial charge in [-0.25, -0.2) is 4.79 Å². The second kappa shape index (κ2) is 8.42. The Balaban J connectivity index is 2.30. The summed E-state index contributed by atoms with van der Waals surface area (Å²) >= 11 is 6.00. The van der Waals surface area contributed by atoms with Crippen LogP contribution in [0.15, 0.2) is 24.3 Å². The van der Waals surface area contributed by atoms with Crippen LogP contribution in [0.25, 0.3) is 0 Å². The number of halogens is 1. The molecule has 1 aromatic carbocycles. The van der Waals surface area contributed by atoms with Gasteiger partial charge in [-0.05, 0) is 63.6 Å². The second-order valence-electron chi connectivity index (χ2n) is 6.98. The fourth-order valence-electron chi connectivity index (χ4n) is 2.28. The molecule has 1 aromatic rings. The van der Waals surface area contributed by atoms with Crippen molar-refractivity contribution >= 4 is 17.7 Å². The third kappa shape index (κ3) is 7.69. The third-order valence-electron chi connectivity index (χ3n) is 3.37. The smallest absolute Gasteiger partial charge is 0.410 e. The van der Waals surface area contributed by atoms with Crippen LogP contribution >= 0.6 is 11.6 Å². The highest BCUT2D eigenvalue weighted by Gasteiger charge is 2.19. The summed E-state index contributed by atoms with van der Waals surface area (Å²) in [5.41, 5.74) is 0.825. The summed E-state index contributed by atoms with van der Waals surface area (Å²) in [6, 6.07) is 8.01. The molecule has 0 unspecified atom stereocenters. The largest absolute Gasteiger partial charge is 0.444 e. The number of amides is 1. The van der Waals surface area contributed by atoms with E-state index in [1.165, 1.54) is 5.56 Å². The van der Waals surface area contributed by atoms with Crippen LogP contribution in [0.3, 0.4) is 0 Å². The summed E-state index contributed by atoms with van der Waals surface area (Å²) in [7, 11) is 1.79. The van der Waals surface area contributed by atoms with Crippen molar-refractivity contribution in [3.8, 4) is 0 Å². The van der Waals surface area contributed by atoms with Gasteiger partial charge < -0.3 is 9.64 Å². The Morgan fingerprint density at radius 2 is 2.05 bits per heavy atom. The maximum Gasteiger partial charge on any atom is 0.410 e. The lowest BCUT2D eigenvalue weighted by atomic mass is 9.96. The molecule has 0 radical (unpaired) electrons. The minimum atomic E-state index is -0.439. The number of rotatable bonds is 6. The van der Waals surface area contributed by atoms with Gasteiger partial charge in [0.2, 0.25) is 0 Å². The Hall–Kier alpha value is -1.22. The molecule has 22 heavy (non-hydrogen) atoms. The van der Waals surface area contributed by atoms with Crippen molar-refractivity contribution < 1.29 is 9.53 Å². The van der Waals surface area contributed by atoms with Gasteiger partial charge in [0.1, 0.15) is 5.60 Å². The zero-order chi connectivity index (χ0) is 16.8. The van der Waals surface area contributed by atoms with Crippen LogP contribution in [-0.4, -0.2) is 30.2 Å². The van der Waals surface area contributed by atoms with Gasteiger partial charge in [-0.3, -0.25) is 0 Å². The Kier molecular flexibility index (Phi) is 7.21. The van der Waals surface area contributed by atoms with Crippen LogP contribution in [0.1, 0.15) is 46.1 Å². The third-order valence-corrected chi connectivity index (χ3v) is 3.60. The lowest BCUT2D eigenvalue weighted by molar-refractivity contribution is 0.0294. The van der Waals surface area contributed by atoms with Crippen molar-refractivity contribution in [2.45, 2.75) is 52.6 Å². The van der Waals surface area contributed by atoms with Crippen molar-refractivity contribution in [3.63, 3.8) is 0 Å². The number of carbonyl (C=O) groups is 1. The monoisotopic (exact) mass is 325 g/mol. The number of carbonyl (C=O) groups excluding carboxylic acids is 1. The van der Waals surface area contributed by atoms with Gasteiger partial charge in [0.05, 0.1) is 0 Å². The van der Waals surface area contributed by atoms with Crippen molar-refractivity contribution in [2.24, 2.45) is 5.92 Å². The summed E-state index contributed by atoms with van der Waals surface area (Å²) < 4.78 is 5.34. The van der Waals surface area contributed by atoms with Crippen molar-refractivity contribution in [1.29, 1.82) is 0 Å². The van der Waals surface area contributed by atoms with E-state index in [1.807, 2.05) is 39.0 Å². The average Bonchev–Trinajstić information content (AvgIpc) is 2.36. The minimum absolute atomic E-state index is 0.255. The Morgan fingerprint density at radius 1 is 1.36 bits per heavy atom. The fourth-order valence-corrected chi connectivity index (χ4v) is 2.49. The number of hydrogen-bond acceptors (Lipinski definition) is 2. The van der Waals surface area contributed by atoms with Gasteiger partial charge in [-0.1, -0.05) is 30.7 Å². The molecule has 0 saturated carbocycles. The summed E-state index contributed by atoms with van der Waals surface area (Å²) in [5, 5.41) is 0.786. The fraction of sp³-hybridized carbons (Fsp3) is 0.611. The number of hydrogen-bond donors (Lipinski definition) is 0. The quantitative estimate of drug-likeness (QED) is 0.722. The molecular weight excluding hydrogens is 298 g/mol. The predicted octanol–water partition coefficient (Wildman–Crippen LogP) is 5.17. The van der Waals surface area contributed by atoms with Gasteiger partial charge in [-0.2, -0.15) is 0 Å². The number of ether oxygens (including phenoxy) is 1. The van der Waals surface area contributed by atoms with E-state index < -0.39 is 5.60 Å². The molecule has 0 saturated heterocycles. The molecule has 0 aliphatic carbocycles. The van der Waals surface area contributed by atoms with Crippen molar-refractivity contribution in [3.05, 3.63) is 34.9 Å². The Morgan fingerprint density at radius 3 is 2.64 bits per heavy atom. The van der Waals surface area contributed by atoms with Gasteiger partial charge in [0, 0.05) is 18.6 Å². The highest BCUT2D eigenvalue weighted by Crippen LogP contribution is 2.17. The highest BCUT2D eigenvalue weighted by molar-refractivity contribution is 6.30. The van der Waals surface area contributed by atoms with Gasteiger partial charge in [0.25, 0.3) is 0 Å². The van der Waals surface area contributed by atoms with E-state index in [-0.39, 0.29) is 6.09 Å². The number of benzene rings is 1. The Labute approximate surface area is 139 Å². The van der Waals surface area contributed by atoms with Gasteiger partial charge in [0.15, 0.2) is 0 Å². The van der Waals surface area contributed by atoms with Crippen molar-refractivity contribution in [2.75, 3.05) is 13.6 Å². The first-order valence-electron chi connectivity index (χ1n) is 7.86. The molecule has 1 atom stereocenters. The van der Waals surface area contributed by atoms with Crippen LogP contribution < -0.4 is 0 Å². The predicted molar refractivity (Wildman–Crippen MR) is 92.4 cm³/mol. The molecule has 0 aromatic heterocycles. The lowest BCUT2D eigenvalue weighted by Crippen LogP contribution is -2.34. The van der Waals surface area contributed by atoms with Crippen LogP contribution in [0.5, 0.6) is 0 Å². The molecule has 0 aliphatic heterocycles. The first-order chi connectivity index (χ1) is 10.2. The highest BCUT2D eigenvalue weighted by atomic mass is 35.5. The van der Waals surface area contributed by atoms with Gasteiger partial charge in [-0.15, -0.1) is 0 Å². The SMILES string of the molecule is C[C@H](CCCN(C)C(=O)OC(C)(C)C)Cc1cccc(Cl)c1. The average molecular weight is 326 g/mol. The number of nitrogens with zero attached hydrogens (tertiary/aromatic N) is 1. The summed E-state index contributed by atoms with van der Waals surface area (Å²) in [6.45, 7) is 8.59. The summed E-state index contributed by atoms with van der Waals surface area (Å²) in [5.74, 6) is 0.561. The van der Waals surface area contributed by atoms with Gasteiger partial charge >= 0.3 is 6.09 Å². The van der Waals surface area contributed by atoms with E-state index in [0.717, 1.165) is 30.8 Å².